The van der Waals surface area contributed by atoms with Crippen LogP contribution < -0.4 is 4.74 Å². The number of methoxy groups -OCH3 is 1. The third kappa shape index (κ3) is 3.85. The summed E-state index contributed by atoms with van der Waals surface area (Å²) in [5.74, 6) is 1.81. The first-order valence-electron chi connectivity index (χ1n) is 10.0. The van der Waals surface area contributed by atoms with Crippen LogP contribution in [0.4, 0.5) is 0 Å². The molecule has 1 aromatic heterocycles. The van der Waals surface area contributed by atoms with E-state index in [-0.39, 0.29) is 5.91 Å². The molecule has 6 heteroatoms. The Hall–Kier alpha value is -2.86. The lowest BCUT2D eigenvalue weighted by atomic mass is 9.99. The number of piperazine rings is 1. The number of fused-ring (bicyclic) bond motifs is 1. The summed E-state index contributed by atoms with van der Waals surface area (Å²) in [7, 11) is 3.76. The molecule has 0 saturated carbocycles. The summed E-state index contributed by atoms with van der Waals surface area (Å²) in [5, 5.41) is 0. The first-order chi connectivity index (χ1) is 14.0. The average Bonchev–Trinajstić information content (AvgIpc) is 3.17. The maximum atomic E-state index is 13.1. The summed E-state index contributed by atoms with van der Waals surface area (Å²) in [6.07, 6.45) is 0. The summed E-state index contributed by atoms with van der Waals surface area (Å²) in [4.78, 5) is 22.0. The Morgan fingerprint density at radius 1 is 1.21 bits per heavy atom. The standard InChI is InChI=1S/C23H27N3O3/c1-15(2)20-14-26(11-10-25(20)3)23(27)17-8-9-21-19(13-17)24-22(29-21)16-6-5-7-18(12-16)28-4/h5-9,12-13,15,20H,10-11,14H2,1-4H3. The molecule has 1 atom stereocenters. The first kappa shape index (κ1) is 19.5. The van der Waals surface area contributed by atoms with Crippen LogP contribution >= 0.6 is 0 Å². The summed E-state index contributed by atoms with van der Waals surface area (Å²) < 4.78 is 11.2. The molecule has 4 rings (SSSR count). The normalized spacial score (nSPS) is 17.8. The van der Waals surface area contributed by atoms with Gasteiger partial charge in [0, 0.05) is 36.8 Å². The first-order valence-corrected chi connectivity index (χ1v) is 10.0. The number of benzene rings is 2. The predicted octanol–water partition coefficient (Wildman–Crippen LogP) is 3.92. The number of ether oxygens (including phenoxy) is 1. The van der Waals surface area contributed by atoms with Gasteiger partial charge in [-0.25, -0.2) is 4.98 Å². The molecule has 1 aliphatic heterocycles. The van der Waals surface area contributed by atoms with E-state index in [9.17, 15) is 4.79 Å². The summed E-state index contributed by atoms with van der Waals surface area (Å²) in [6.45, 7) is 6.79. The fraction of sp³-hybridized carbons (Fsp3) is 0.391. The molecule has 1 fully saturated rings. The summed E-state index contributed by atoms with van der Waals surface area (Å²) in [5.41, 5.74) is 2.84. The molecule has 6 nitrogen and oxygen atoms in total. The fourth-order valence-electron chi connectivity index (χ4n) is 3.93. The number of likely N-dealkylation sites (N-methyl/N-ethyl adjacent to an activating group) is 1. The van der Waals surface area contributed by atoms with Gasteiger partial charge in [0.2, 0.25) is 5.89 Å². The third-order valence-electron chi connectivity index (χ3n) is 5.70. The highest BCUT2D eigenvalue weighted by molar-refractivity contribution is 5.97. The minimum atomic E-state index is 0.0524. The fourth-order valence-corrected chi connectivity index (χ4v) is 3.93. The van der Waals surface area contributed by atoms with E-state index in [0.717, 1.165) is 30.9 Å². The molecule has 0 spiro atoms. The zero-order chi connectivity index (χ0) is 20.5. The van der Waals surface area contributed by atoms with Crippen molar-refractivity contribution >= 4 is 17.0 Å². The minimum absolute atomic E-state index is 0.0524. The van der Waals surface area contributed by atoms with Crippen LogP contribution in [0.3, 0.4) is 0 Å². The Balaban J connectivity index is 1.59. The van der Waals surface area contributed by atoms with E-state index in [1.54, 1.807) is 7.11 Å². The summed E-state index contributed by atoms with van der Waals surface area (Å²) in [6, 6.07) is 13.4. The molecule has 2 aromatic carbocycles. The van der Waals surface area contributed by atoms with Crippen molar-refractivity contribution in [3.05, 3.63) is 48.0 Å². The predicted molar refractivity (Wildman–Crippen MR) is 113 cm³/mol. The molecule has 29 heavy (non-hydrogen) atoms. The molecule has 0 aliphatic carbocycles. The number of amides is 1. The molecule has 0 bridgehead atoms. The zero-order valence-electron chi connectivity index (χ0n) is 17.4. The highest BCUT2D eigenvalue weighted by Crippen LogP contribution is 2.28. The smallest absolute Gasteiger partial charge is 0.254 e. The molecular weight excluding hydrogens is 366 g/mol. The Labute approximate surface area is 171 Å². The van der Waals surface area contributed by atoms with Crippen molar-refractivity contribution in [2.45, 2.75) is 19.9 Å². The summed E-state index contributed by atoms with van der Waals surface area (Å²) >= 11 is 0. The van der Waals surface area contributed by atoms with Crippen molar-refractivity contribution in [3.63, 3.8) is 0 Å². The van der Waals surface area contributed by atoms with E-state index in [0.29, 0.717) is 34.5 Å². The highest BCUT2D eigenvalue weighted by atomic mass is 16.5. The molecule has 1 amide bonds. The highest BCUT2D eigenvalue weighted by Gasteiger charge is 2.29. The van der Waals surface area contributed by atoms with E-state index in [1.807, 2.05) is 47.4 Å². The van der Waals surface area contributed by atoms with Crippen LogP contribution in [0.1, 0.15) is 24.2 Å². The van der Waals surface area contributed by atoms with E-state index in [2.05, 4.69) is 30.8 Å². The second-order valence-electron chi connectivity index (χ2n) is 7.98. The van der Waals surface area contributed by atoms with Crippen LogP contribution in [0.2, 0.25) is 0 Å². The molecule has 1 unspecified atom stereocenters. The lowest BCUT2D eigenvalue weighted by molar-refractivity contribution is 0.0465. The van der Waals surface area contributed by atoms with Crippen LogP contribution in [-0.4, -0.2) is 60.5 Å². The molecule has 3 aromatic rings. The largest absolute Gasteiger partial charge is 0.497 e. The van der Waals surface area contributed by atoms with Gasteiger partial charge in [0.15, 0.2) is 5.58 Å². The van der Waals surface area contributed by atoms with Crippen molar-refractivity contribution in [2.75, 3.05) is 33.8 Å². The van der Waals surface area contributed by atoms with Crippen LogP contribution in [-0.2, 0) is 0 Å². The van der Waals surface area contributed by atoms with Gasteiger partial charge in [-0.3, -0.25) is 9.69 Å². The van der Waals surface area contributed by atoms with Gasteiger partial charge < -0.3 is 14.1 Å². The number of hydrogen-bond acceptors (Lipinski definition) is 5. The van der Waals surface area contributed by atoms with Gasteiger partial charge in [-0.05, 0) is 49.4 Å². The molecule has 1 aliphatic rings. The van der Waals surface area contributed by atoms with Gasteiger partial charge in [0.1, 0.15) is 11.3 Å². The molecule has 1 saturated heterocycles. The van der Waals surface area contributed by atoms with Gasteiger partial charge in [0.05, 0.1) is 7.11 Å². The lowest BCUT2D eigenvalue weighted by Gasteiger charge is -2.41. The monoisotopic (exact) mass is 393 g/mol. The quantitative estimate of drug-likeness (QED) is 0.672. The van der Waals surface area contributed by atoms with Crippen molar-refractivity contribution in [1.29, 1.82) is 0 Å². The van der Waals surface area contributed by atoms with Gasteiger partial charge in [0.25, 0.3) is 5.91 Å². The Morgan fingerprint density at radius 3 is 2.79 bits per heavy atom. The van der Waals surface area contributed by atoms with E-state index in [1.165, 1.54) is 0 Å². The van der Waals surface area contributed by atoms with Crippen LogP contribution in [0, 0.1) is 5.92 Å². The maximum absolute atomic E-state index is 13.1. The minimum Gasteiger partial charge on any atom is -0.497 e. The number of carbonyl (C=O) groups excluding carboxylic acids is 1. The number of hydrogen-bond donors (Lipinski definition) is 0. The average molecular weight is 393 g/mol. The Bertz CT molecular complexity index is 1030. The third-order valence-corrected chi connectivity index (χ3v) is 5.70. The molecule has 0 N–H and O–H groups in total. The number of nitrogens with zero attached hydrogens (tertiary/aromatic N) is 3. The molecule has 0 radical (unpaired) electrons. The van der Waals surface area contributed by atoms with Crippen LogP contribution in [0.15, 0.2) is 46.9 Å². The van der Waals surface area contributed by atoms with Gasteiger partial charge in [-0.2, -0.15) is 0 Å². The Kier molecular flexibility index (Phi) is 5.28. The maximum Gasteiger partial charge on any atom is 0.254 e. The van der Waals surface area contributed by atoms with Crippen molar-refractivity contribution in [3.8, 4) is 17.2 Å². The van der Waals surface area contributed by atoms with Gasteiger partial charge in [-0.15, -0.1) is 0 Å². The van der Waals surface area contributed by atoms with Gasteiger partial charge >= 0.3 is 0 Å². The van der Waals surface area contributed by atoms with E-state index < -0.39 is 0 Å². The second kappa shape index (κ2) is 7.87. The molecular formula is C23H27N3O3. The number of carbonyl (C=O) groups is 1. The van der Waals surface area contributed by atoms with Crippen molar-refractivity contribution in [1.82, 2.24) is 14.8 Å². The number of aromatic nitrogens is 1. The number of oxazole rings is 1. The van der Waals surface area contributed by atoms with Crippen LogP contribution in [0.5, 0.6) is 5.75 Å². The topological polar surface area (TPSA) is 58.8 Å². The second-order valence-corrected chi connectivity index (χ2v) is 7.98. The van der Waals surface area contributed by atoms with Gasteiger partial charge in [-0.1, -0.05) is 19.9 Å². The van der Waals surface area contributed by atoms with Crippen LogP contribution in [0.25, 0.3) is 22.6 Å². The van der Waals surface area contributed by atoms with Crippen molar-refractivity contribution < 1.29 is 13.9 Å². The Morgan fingerprint density at radius 2 is 2.03 bits per heavy atom. The van der Waals surface area contributed by atoms with E-state index in [4.69, 9.17) is 9.15 Å². The lowest BCUT2D eigenvalue weighted by Crippen LogP contribution is -2.55. The molecule has 2 heterocycles. The number of rotatable bonds is 4. The zero-order valence-corrected chi connectivity index (χ0v) is 17.4. The SMILES string of the molecule is COc1cccc(-c2nc3cc(C(=O)N4CCN(C)C(C(C)C)C4)ccc3o2)c1. The van der Waals surface area contributed by atoms with Crippen molar-refractivity contribution in [2.24, 2.45) is 5.92 Å². The molecule has 152 valence electrons. The van der Waals surface area contributed by atoms with E-state index >= 15 is 0 Å².